The quantitative estimate of drug-likeness (QED) is 0.727. The van der Waals surface area contributed by atoms with Crippen molar-refractivity contribution in [1.82, 2.24) is 9.97 Å². The van der Waals surface area contributed by atoms with Gasteiger partial charge in [-0.05, 0) is 18.2 Å². The van der Waals surface area contributed by atoms with Gasteiger partial charge < -0.3 is 16.0 Å². The minimum atomic E-state index is -4.16. The highest BCUT2D eigenvalue weighted by atomic mass is 19.4. The van der Waals surface area contributed by atoms with Crippen LogP contribution in [-0.2, 0) is 0 Å². The summed E-state index contributed by atoms with van der Waals surface area (Å²) < 4.78 is 35.8. The molecule has 2 rings (SSSR count). The Morgan fingerprint density at radius 1 is 1.35 bits per heavy atom. The summed E-state index contributed by atoms with van der Waals surface area (Å²) in [4.78, 5) is 6.94. The number of nitrogens with two attached hydrogens (primary N) is 1. The van der Waals surface area contributed by atoms with Crippen molar-refractivity contribution < 1.29 is 13.2 Å². The first-order chi connectivity index (χ1) is 7.94. The van der Waals surface area contributed by atoms with Gasteiger partial charge in [-0.25, -0.2) is 4.98 Å². The van der Waals surface area contributed by atoms with Crippen LogP contribution in [0.2, 0.25) is 0 Å². The topological polar surface area (TPSA) is 66.7 Å². The Hall–Kier alpha value is -1.92. The second-order valence-corrected chi connectivity index (χ2v) is 3.65. The standard InChI is InChI=1S/C10H11F3N4/c11-10(12,13)3-4-15-9-16-7-2-1-6(14)5-8(7)17-9/h1-2,5H,3-4,14H2,(H2,15,16,17). The molecule has 0 radical (unpaired) electrons. The van der Waals surface area contributed by atoms with Crippen molar-refractivity contribution in [2.45, 2.75) is 12.6 Å². The number of nitrogen functional groups attached to an aromatic ring is 1. The summed E-state index contributed by atoms with van der Waals surface area (Å²) in [6.07, 6.45) is -5.06. The number of rotatable bonds is 3. The van der Waals surface area contributed by atoms with Crippen LogP contribution in [0.1, 0.15) is 6.42 Å². The second-order valence-electron chi connectivity index (χ2n) is 3.65. The number of halogens is 3. The summed E-state index contributed by atoms with van der Waals surface area (Å²) in [5.74, 6) is 0.315. The molecule has 0 unspecified atom stereocenters. The van der Waals surface area contributed by atoms with Crippen LogP contribution in [0.4, 0.5) is 24.8 Å². The van der Waals surface area contributed by atoms with Gasteiger partial charge in [-0.3, -0.25) is 0 Å². The van der Waals surface area contributed by atoms with Gasteiger partial charge in [0.1, 0.15) is 0 Å². The molecule has 0 saturated carbocycles. The summed E-state index contributed by atoms with van der Waals surface area (Å²) in [5.41, 5.74) is 7.50. The molecule has 0 saturated heterocycles. The molecule has 0 aliphatic carbocycles. The van der Waals surface area contributed by atoms with E-state index in [2.05, 4.69) is 15.3 Å². The van der Waals surface area contributed by atoms with E-state index in [1.807, 2.05) is 0 Å². The zero-order valence-corrected chi connectivity index (χ0v) is 8.80. The zero-order valence-electron chi connectivity index (χ0n) is 8.80. The lowest BCUT2D eigenvalue weighted by atomic mass is 10.3. The SMILES string of the molecule is Nc1ccc2nc(NCCC(F)(F)F)[nH]c2c1. The third-order valence-corrected chi connectivity index (χ3v) is 2.21. The van der Waals surface area contributed by atoms with Gasteiger partial charge in [0.05, 0.1) is 17.5 Å². The molecule has 2 aromatic rings. The number of benzene rings is 1. The first-order valence-corrected chi connectivity index (χ1v) is 5.00. The number of H-pyrrole nitrogens is 1. The van der Waals surface area contributed by atoms with Crippen molar-refractivity contribution in [2.75, 3.05) is 17.6 Å². The molecular formula is C10H11F3N4. The van der Waals surface area contributed by atoms with E-state index >= 15 is 0 Å². The van der Waals surface area contributed by atoms with E-state index in [0.29, 0.717) is 22.7 Å². The summed E-state index contributed by atoms with van der Waals surface area (Å²) >= 11 is 0. The molecule has 7 heteroatoms. The maximum Gasteiger partial charge on any atom is 0.390 e. The van der Waals surface area contributed by atoms with Gasteiger partial charge in [0.2, 0.25) is 5.95 Å². The Balaban J connectivity index is 2.05. The van der Waals surface area contributed by atoms with Gasteiger partial charge in [0, 0.05) is 12.2 Å². The van der Waals surface area contributed by atoms with Crippen molar-refractivity contribution in [3.8, 4) is 0 Å². The third kappa shape index (κ3) is 3.02. The van der Waals surface area contributed by atoms with E-state index in [1.54, 1.807) is 18.2 Å². The van der Waals surface area contributed by atoms with E-state index in [1.165, 1.54) is 0 Å². The lowest BCUT2D eigenvalue weighted by molar-refractivity contribution is -0.131. The molecule has 0 atom stereocenters. The van der Waals surface area contributed by atoms with Crippen LogP contribution in [0.15, 0.2) is 18.2 Å². The van der Waals surface area contributed by atoms with Gasteiger partial charge in [0.15, 0.2) is 0 Å². The van der Waals surface area contributed by atoms with Crippen molar-refractivity contribution >= 4 is 22.7 Å². The highest BCUT2D eigenvalue weighted by molar-refractivity contribution is 5.80. The molecular weight excluding hydrogens is 233 g/mol. The van der Waals surface area contributed by atoms with Gasteiger partial charge >= 0.3 is 6.18 Å². The number of aromatic nitrogens is 2. The molecule has 0 amide bonds. The summed E-state index contributed by atoms with van der Waals surface area (Å²) in [5, 5.41) is 2.58. The Labute approximate surface area is 95.0 Å². The molecule has 0 bridgehead atoms. The highest BCUT2D eigenvalue weighted by Gasteiger charge is 2.26. The molecule has 92 valence electrons. The van der Waals surface area contributed by atoms with Crippen LogP contribution in [0.3, 0.4) is 0 Å². The number of hydrogen-bond acceptors (Lipinski definition) is 3. The third-order valence-electron chi connectivity index (χ3n) is 2.21. The number of nitrogens with one attached hydrogen (secondary N) is 2. The van der Waals surface area contributed by atoms with Gasteiger partial charge in [-0.2, -0.15) is 13.2 Å². The fourth-order valence-corrected chi connectivity index (χ4v) is 1.43. The molecule has 0 aliphatic heterocycles. The molecule has 4 nitrogen and oxygen atoms in total. The Morgan fingerprint density at radius 2 is 2.12 bits per heavy atom. The average molecular weight is 244 g/mol. The maximum absolute atomic E-state index is 11.9. The van der Waals surface area contributed by atoms with Crippen LogP contribution in [0.25, 0.3) is 11.0 Å². The fraction of sp³-hybridized carbons (Fsp3) is 0.300. The minimum Gasteiger partial charge on any atom is -0.399 e. The minimum absolute atomic E-state index is 0.210. The zero-order chi connectivity index (χ0) is 12.5. The van der Waals surface area contributed by atoms with E-state index < -0.39 is 12.6 Å². The predicted octanol–water partition coefficient (Wildman–Crippen LogP) is 2.51. The molecule has 0 spiro atoms. The van der Waals surface area contributed by atoms with Crippen molar-refractivity contribution in [2.24, 2.45) is 0 Å². The Morgan fingerprint density at radius 3 is 2.82 bits per heavy atom. The van der Waals surface area contributed by atoms with Crippen LogP contribution >= 0.6 is 0 Å². The lowest BCUT2D eigenvalue weighted by Crippen LogP contribution is -2.15. The normalized spacial score (nSPS) is 11.9. The van der Waals surface area contributed by atoms with Crippen molar-refractivity contribution in [3.63, 3.8) is 0 Å². The number of imidazole rings is 1. The molecule has 1 aromatic carbocycles. The summed E-state index contributed by atoms with van der Waals surface area (Å²) in [6, 6.07) is 5.07. The number of nitrogens with zero attached hydrogens (tertiary/aromatic N) is 1. The van der Waals surface area contributed by atoms with Gasteiger partial charge in [0.25, 0.3) is 0 Å². The second kappa shape index (κ2) is 4.15. The smallest absolute Gasteiger partial charge is 0.390 e. The summed E-state index contributed by atoms with van der Waals surface area (Å²) in [7, 11) is 0. The van der Waals surface area contributed by atoms with Gasteiger partial charge in [-0.1, -0.05) is 0 Å². The number of aromatic amines is 1. The van der Waals surface area contributed by atoms with Crippen LogP contribution in [0.5, 0.6) is 0 Å². The fourth-order valence-electron chi connectivity index (χ4n) is 1.43. The van der Waals surface area contributed by atoms with E-state index in [4.69, 9.17) is 5.73 Å². The van der Waals surface area contributed by atoms with E-state index in [0.717, 1.165) is 0 Å². The Kier molecular flexibility index (Phi) is 2.83. The lowest BCUT2D eigenvalue weighted by Gasteiger charge is -2.05. The molecule has 4 N–H and O–H groups in total. The van der Waals surface area contributed by atoms with Crippen LogP contribution in [0, 0.1) is 0 Å². The van der Waals surface area contributed by atoms with Crippen molar-refractivity contribution in [3.05, 3.63) is 18.2 Å². The van der Waals surface area contributed by atoms with E-state index in [9.17, 15) is 13.2 Å². The molecule has 0 fully saturated rings. The van der Waals surface area contributed by atoms with Crippen molar-refractivity contribution in [1.29, 1.82) is 0 Å². The largest absolute Gasteiger partial charge is 0.399 e. The number of alkyl halides is 3. The maximum atomic E-state index is 11.9. The average Bonchev–Trinajstić information content (AvgIpc) is 2.57. The van der Waals surface area contributed by atoms with Crippen LogP contribution in [-0.4, -0.2) is 22.7 Å². The predicted molar refractivity (Wildman–Crippen MR) is 59.7 cm³/mol. The summed E-state index contributed by atoms with van der Waals surface area (Å²) in [6.45, 7) is -0.210. The first kappa shape index (κ1) is 11.6. The molecule has 1 heterocycles. The number of anilines is 2. The number of hydrogen-bond donors (Lipinski definition) is 3. The van der Waals surface area contributed by atoms with Crippen LogP contribution < -0.4 is 11.1 Å². The van der Waals surface area contributed by atoms with E-state index in [-0.39, 0.29) is 6.54 Å². The Bertz CT molecular complexity index is 518. The first-order valence-electron chi connectivity index (χ1n) is 5.00. The molecule has 17 heavy (non-hydrogen) atoms. The monoisotopic (exact) mass is 244 g/mol. The molecule has 1 aromatic heterocycles. The van der Waals surface area contributed by atoms with Gasteiger partial charge in [-0.15, -0.1) is 0 Å². The molecule has 0 aliphatic rings. The number of fused-ring (bicyclic) bond motifs is 1. The highest BCUT2D eigenvalue weighted by Crippen LogP contribution is 2.20.